The number of carbonyl (C=O) groups is 2. The Morgan fingerprint density at radius 1 is 1.12 bits per heavy atom. The number of ether oxygens (including phenoxy) is 1. The van der Waals surface area contributed by atoms with Crippen LogP contribution in [-0.4, -0.2) is 48.8 Å². The molecule has 0 bridgehead atoms. The normalized spacial score (nSPS) is 20.4. The van der Waals surface area contributed by atoms with Crippen molar-refractivity contribution >= 4 is 29.2 Å². The van der Waals surface area contributed by atoms with E-state index in [1.54, 1.807) is 0 Å². The van der Waals surface area contributed by atoms with Crippen LogP contribution in [0.5, 0.6) is 0 Å². The van der Waals surface area contributed by atoms with Crippen molar-refractivity contribution in [2.75, 3.05) is 26.3 Å². The van der Waals surface area contributed by atoms with Gasteiger partial charge in [0.25, 0.3) is 5.91 Å². The lowest BCUT2D eigenvalue weighted by molar-refractivity contribution is -0.137. The summed E-state index contributed by atoms with van der Waals surface area (Å²) in [5.41, 5.74) is 3.71. The Morgan fingerprint density at radius 3 is 2.69 bits per heavy atom. The number of amides is 1. The van der Waals surface area contributed by atoms with Gasteiger partial charge in [0.2, 0.25) is 0 Å². The number of allylic oxidation sites excluding steroid dienone is 1. The summed E-state index contributed by atoms with van der Waals surface area (Å²) >= 11 is 6.65. The van der Waals surface area contributed by atoms with Crippen LogP contribution in [0.2, 0.25) is 5.02 Å². The van der Waals surface area contributed by atoms with E-state index >= 15 is 0 Å². The van der Waals surface area contributed by atoms with E-state index in [-0.39, 0.29) is 25.1 Å². The highest BCUT2D eigenvalue weighted by atomic mass is 35.5. The van der Waals surface area contributed by atoms with Crippen molar-refractivity contribution in [2.45, 2.75) is 65.2 Å². The maximum Gasteiger partial charge on any atom is 0.339 e. The predicted octanol–water partition coefficient (Wildman–Crippen LogP) is 5.17. The fourth-order valence-corrected chi connectivity index (χ4v) is 4.47. The van der Waals surface area contributed by atoms with Crippen molar-refractivity contribution in [1.29, 1.82) is 0 Å². The first-order chi connectivity index (χ1) is 15.5. The molecule has 174 valence electrons. The summed E-state index contributed by atoms with van der Waals surface area (Å²) in [4.78, 5) is 32.6. The maximum absolute atomic E-state index is 12.8. The Bertz CT molecular complexity index is 888. The number of hydrogen-bond acceptors (Lipinski definition) is 5. The molecule has 7 heteroatoms. The molecule has 2 aliphatic rings. The molecular formula is C25H33ClN2O4. The van der Waals surface area contributed by atoms with Gasteiger partial charge in [-0.15, -0.1) is 0 Å². The number of benzene rings is 1. The van der Waals surface area contributed by atoms with Gasteiger partial charge < -0.3 is 14.5 Å². The molecular weight excluding hydrogens is 428 g/mol. The van der Waals surface area contributed by atoms with Gasteiger partial charge in [-0.1, -0.05) is 35.0 Å². The third kappa shape index (κ3) is 6.58. The summed E-state index contributed by atoms with van der Waals surface area (Å²) in [6.07, 6.45) is 11.1. The summed E-state index contributed by atoms with van der Waals surface area (Å²) in [6, 6.07) is 1.90. The number of piperidine rings is 1. The molecule has 0 unspecified atom stereocenters. The molecule has 1 aromatic carbocycles. The first-order valence-electron chi connectivity index (χ1n) is 11.5. The molecule has 0 atom stereocenters. The fourth-order valence-electron chi connectivity index (χ4n) is 4.25. The van der Waals surface area contributed by atoms with E-state index in [1.165, 1.54) is 6.42 Å². The topological polar surface area (TPSA) is 68.2 Å². The number of halogens is 1. The smallest absolute Gasteiger partial charge is 0.339 e. The van der Waals surface area contributed by atoms with E-state index in [2.05, 4.69) is 5.16 Å². The van der Waals surface area contributed by atoms with Crippen LogP contribution < -0.4 is 0 Å². The number of carbonyl (C=O) groups excluding carboxylic acids is 2. The third-order valence-electron chi connectivity index (χ3n) is 5.98. The van der Waals surface area contributed by atoms with E-state index in [4.69, 9.17) is 21.2 Å². The minimum Gasteiger partial charge on any atom is -0.458 e. The Hall–Kier alpha value is -2.34. The molecule has 6 nitrogen and oxygen atoms in total. The average molecular weight is 461 g/mol. The van der Waals surface area contributed by atoms with Gasteiger partial charge in [-0.05, 0) is 75.5 Å². The molecule has 1 aromatic rings. The van der Waals surface area contributed by atoms with E-state index in [1.807, 2.05) is 37.0 Å². The Balaban J connectivity index is 1.82. The van der Waals surface area contributed by atoms with Gasteiger partial charge in [0, 0.05) is 24.5 Å². The average Bonchev–Trinajstić information content (AvgIpc) is 2.80. The number of fused-ring (bicyclic) bond motifs is 1. The summed E-state index contributed by atoms with van der Waals surface area (Å²) in [5.74, 6) is -0.415. The van der Waals surface area contributed by atoms with Crippen LogP contribution in [0.15, 0.2) is 23.4 Å². The van der Waals surface area contributed by atoms with Crippen molar-refractivity contribution in [1.82, 2.24) is 4.90 Å². The molecule has 0 aliphatic carbocycles. The number of cyclic esters (lactones) is 1. The second-order valence-corrected chi connectivity index (χ2v) is 8.92. The largest absolute Gasteiger partial charge is 0.458 e. The minimum atomic E-state index is -0.385. The maximum atomic E-state index is 12.8. The summed E-state index contributed by atoms with van der Waals surface area (Å²) in [5, 5.41) is 4.88. The standard InChI is InChI=1S/C25H33ClN2O4/c1-18-15-19(2)24(26)21-16-20(27-32-17-22(29)28-12-8-6-9-13-28)11-7-4-3-5-10-14-31-25(30)23(18)21/h5,10,15H,3-4,6-9,11-14,16-17H2,1-2H3/b10-5+,27-20+. The van der Waals surface area contributed by atoms with Gasteiger partial charge in [0.05, 0.1) is 11.3 Å². The monoisotopic (exact) mass is 460 g/mol. The van der Waals surface area contributed by atoms with Crippen LogP contribution in [0.1, 0.15) is 72.0 Å². The van der Waals surface area contributed by atoms with Crippen LogP contribution in [-0.2, 0) is 20.8 Å². The Kier molecular flexibility index (Phi) is 9.15. The molecule has 0 N–H and O–H groups in total. The first kappa shape index (κ1) is 24.3. The number of likely N-dealkylation sites (tertiary alicyclic amines) is 1. The number of aryl methyl sites for hydroxylation is 2. The van der Waals surface area contributed by atoms with Crippen LogP contribution >= 0.6 is 11.6 Å². The van der Waals surface area contributed by atoms with Crippen molar-refractivity contribution in [3.63, 3.8) is 0 Å². The molecule has 32 heavy (non-hydrogen) atoms. The SMILES string of the molecule is Cc1cc(C)c2c(c1Cl)C/C(=N/OCC(=O)N1CCCCC1)CCCC/C=C/COC2=O. The van der Waals surface area contributed by atoms with Crippen molar-refractivity contribution in [3.05, 3.63) is 45.5 Å². The van der Waals surface area contributed by atoms with Crippen LogP contribution in [0.3, 0.4) is 0 Å². The zero-order valence-corrected chi connectivity index (χ0v) is 19.9. The van der Waals surface area contributed by atoms with Gasteiger partial charge >= 0.3 is 5.97 Å². The highest BCUT2D eigenvalue weighted by Gasteiger charge is 2.22. The van der Waals surface area contributed by atoms with E-state index < -0.39 is 0 Å². The molecule has 1 fully saturated rings. The van der Waals surface area contributed by atoms with E-state index in [0.717, 1.165) is 62.0 Å². The summed E-state index contributed by atoms with van der Waals surface area (Å²) in [6.45, 7) is 5.57. The van der Waals surface area contributed by atoms with Crippen LogP contribution in [0.4, 0.5) is 0 Å². The van der Waals surface area contributed by atoms with Crippen molar-refractivity contribution < 1.29 is 19.2 Å². The first-order valence-corrected chi connectivity index (χ1v) is 11.9. The molecule has 0 aromatic heterocycles. The van der Waals surface area contributed by atoms with Gasteiger partial charge in [-0.3, -0.25) is 4.79 Å². The Labute approximate surface area is 195 Å². The third-order valence-corrected chi connectivity index (χ3v) is 6.51. The lowest BCUT2D eigenvalue weighted by atomic mass is 9.93. The number of esters is 1. The number of oxime groups is 1. The number of nitrogens with zero attached hydrogens (tertiary/aromatic N) is 2. The van der Waals surface area contributed by atoms with E-state index in [9.17, 15) is 9.59 Å². The van der Waals surface area contributed by atoms with Crippen molar-refractivity contribution in [3.8, 4) is 0 Å². The van der Waals surface area contributed by atoms with Crippen molar-refractivity contribution in [2.24, 2.45) is 5.16 Å². The predicted molar refractivity (Wildman–Crippen MR) is 126 cm³/mol. The highest BCUT2D eigenvalue weighted by Crippen LogP contribution is 2.29. The Morgan fingerprint density at radius 2 is 1.91 bits per heavy atom. The summed E-state index contributed by atoms with van der Waals surface area (Å²) in [7, 11) is 0. The van der Waals surface area contributed by atoms with Crippen LogP contribution in [0.25, 0.3) is 0 Å². The number of hydrogen-bond donors (Lipinski definition) is 0. The second kappa shape index (κ2) is 12.0. The number of rotatable bonds is 3. The van der Waals surface area contributed by atoms with Gasteiger partial charge in [0.15, 0.2) is 6.61 Å². The molecule has 0 spiro atoms. The van der Waals surface area contributed by atoms with Crippen LogP contribution in [0, 0.1) is 13.8 Å². The van der Waals surface area contributed by atoms with Gasteiger partial charge in [-0.25, -0.2) is 4.79 Å². The highest BCUT2D eigenvalue weighted by molar-refractivity contribution is 6.33. The molecule has 1 saturated heterocycles. The molecule has 3 rings (SSSR count). The lowest BCUT2D eigenvalue weighted by Crippen LogP contribution is -2.37. The van der Waals surface area contributed by atoms with Gasteiger partial charge in [-0.2, -0.15) is 0 Å². The molecule has 0 radical (unpaired) electrons. The second-order valence-electron chi connectivity index (χ2n) is 8.54. The zero-order chi connectivity index (χ0) is 22.9. The molecule has 2 heterocycles. The quantitative estimate of drug-likeness (QED) is 0.354. The fraction of sp³-hybridized carbons (Fsp3) is 0.560. The molecule has 0 saturated carbocycles. The summed E-state index contributed by atoms with van der Waals surface area (Å²) < 4.78 is 5.47. The molecule has 2 aliphatic heterocycles. The van der Waals surface area contributed by atoms with Gasteiger partial charge in [0.1, 0.15) is 6.61 Å². The zero-order valence-electron chi connectivity index (χ0n) is 19.1. The minimum absolute atomic E-state index is 0.0301. The lowest BCUT2D eigenvalue weighted by Gasteiger charge is -2.26. The molecule has 1 amide bonds. The van der Waals surface area contributed by atoms with E-state index in [0.29, 0.717) is 29.0 Å².